The number of para-hydroxylation sites is 1. The van der Waals surface area contributed by atoms with Crippen LogP contribution in [-0.2, 0) is 10.0 Å². The summed E-state index contributed by atoms with van der Waals surface area (Å²) in [4.78, 5) is 0.966. The van der Waals surface area contributed by atoms with E-state index in [4.69, 9.17) is 9.47 Å². The van der Waals surface area contributed by atoms with Gasteiger partial charge in [0.1, 0.15) is 0 Å². The highest BCUT2D eigenvalue weighted by atomic mass is 32.2. The van der Waals surface area contributed by atoms with Crippen LogP contribution in [0.4, 0.5) is 0 Å². The van der Waals surface area contributed by atoms with Crippen molar-refractivity contribution in [1.82, 2.24) is 4.41 Å². The monoisotopic (exact) mass is 366 g/mol. The summed E-state index contributed by atoms with van der Waals surface area (Å²) in [6.45, 7) is 0. The van der Waals surface area contributed by atoms with E-state index >= 15 is 0 Å². The number of ether oxygens (including phenoxy) is 2. The summed E-state index contributed by atoms with van der Waals surface area (Å²) >= 11 is 1.54. The zero-order chi connectivity index (χ0) is 17.3. The van der Waals surface area contributed by atoms with E-state index < -0.39 is 16.1 Å². The number of nitrogens with zero attached hydrogens (tertiary/aromatic N) is 2. The van der Waals surface area contributed by atoms with Gasteiger partial charge in [-0.2, -0.15) is 9.52 Å². The van der Waals surface area contributed by atoms with E-state index in [0.29, 0.717) is 17.9 Å². The molecule has 1 aromatic carbocycles. The number of methoxy groups -OCH3 is 2. The second kappa shape index (κ2) is 6.45. The number of thiophene rings is 1. The Bertz CT molecular complexity index is 860. The zero-order valence-corrected chi connectivity index (χ0v) is 15.2. The predicted molar refractivity (Wildman–Crippen MR) is 94.4 cm³/mol. The van der Waals surface area contributed by atoms with Crippen LogP contribution < -0.4 is 9.47 Å². The third-order valence-corrected chi connectivity index (χ3v) is 5.74. The number of hydrogen-bond donors (Lipinski definition) is 0. The smallest absolute Gasteiger partial charge is 0.247 e. The molecule has 0 saturated heterocycles. The molecule has 2 aromatic rings. The molecule has 2 heterocycles. The molecule has 0 bridgehead atoms. The third-order valence-electron chi connectivity index (χ3n) is 3.81. The highest BCUT2D eigenvalue weighted by molar-refractivity contribution is 7.88. The molecule has 0 radical (unpaired) electrons. The van der Waals surface area contributed by atoms with Crippen molar-refractivity contribution in [2.24, 2.45) is 5.10 Å². The lowest BCUT2D eigenvalue weighted by molar-refractivity contribution is 0.329. The minimum Gasteiger partial charge on any atom is -0.493 e. The summed E-state index contributed by atoms with van der Waals surface area (Å²) in [7, 11) is -0.417. The second-order valence-corrected chi connectivity index (χ2v) is 8.15. The topological polar surface area (TPSA) is 68.2 Å². The van der Waals surface area contributed by atoms with Crippen LogP contribution in [0.5, 0.6) is 11.5 Å². The number of sulfonamides is 1. The Hall–Kier alpha value is -2.06. The van der Waals surface area contributed by atoms with E-state index in [9.17, 15) is 8.42 Å². The maximum Gasteiger partial charge on any atom is 0.247 e. The molecule has 0 N–H and O–H groups in total. The van der Waals surface area contributed by atoms with Gasteiger partial charge in [-0.05, 0) is 17.5 Å². The minimum atomic E-state index is -3.51. The van der Waals surface area contributed by atoms with Gasteiger partial charge in [0, 0.05) is 12.0 Å². The first-order chi connectivity index (χ1) is 11.5. The molecule has 1 aromatic heterocycles. The molecule has 24 heavy (non-hydrogen) atoms. The Morgan fingerprint density at radius 1 is 1.21 bits per heavy atom. The Kier molecular flexibility index (Phi) is 4.51. The highest BCUT2D eigenvalue weighted by Crippen LogP contribution is 2.42. The molecule has 3 rings (SSSR count). The predicted octanol–water partition coefficient (Wildman–Crippen LogP) is 2.88. The van der Waals surface area contributed by atoms with Crippen LogP contribution in [0, 0.1) is 0 Å². The van der Waals surface area contributed by atoms with Crippen LogP contribution in [0.2, 0.25) is 0 Å². The van der Waals surface area contributed by atoms with E-state index in [0.717, 1.165) is 22.4 Å². The van der Waals surface area contributed by atoms with Gasteiger partial charge in [-0.3, -0.25) is 0 Å². The average Bonchev–Trinajstić information content (AvgIpc) is 3.22. The lowest BCUT2D eigenvalue weighted by Crippen LogP contribution is -2.26. The molecular formula is C16H18N2O4S2. The van der Waals surface area contributed by atoms with Crippen LogP contribution in [-0.4, -0.2) is 39.0 Å². The number of benzene rings is 1. The van der Waals surface area contributed by atoms with Crippen LogP contribution in [0.15, 0.2) is 40.8 Å². The molecule has 0 aliphatic carbocycles. The van der Waals surface area contributed by atoms with E-state index in [1.54, 1.807) is 20.3 Å². The van der Waals surface area contributed by atoms with Crippen molar-refractivity contribution in [3.63, 3.8) is 0 Å². The van der Waals surface area contributed by atoms with Crippen LogP contribution >= 0.6 is 11.3 Å². The quantitative estimate of drug-likeness (QED) is 0.816. The largest absolute Gasteiger partial charge is 0.493 e. The maximum absolute atomic E-state index is 12.2. The first kappa shape index (κ1) is 16.8. The molecule has 0 fully saturated rings. The number of hydrogen-bond acceptors (Lipinski definition) is 6. The highest BCUT2D eigenvalue weighted by Gasteiger charge is 2.37. The normalized spacial score (nSPS) is 17.7. The third kappa shape index (κ3) is 2.99. The van der Waals surface area contributed by atoms with Crippen molar-refractivity contribution in [3.05, 3.63) is 46.2 Å². The van der Waals surface area contributed by atoms with Gasteiger partial charge in [-0.15, -0.1) is 11.3 Å². The lowest BCUT2D eigenvalue weighted by atomic mass is 10.0. The van der Waals surface area contributed by atoms with Crippen molar-refractivity contribution in [1.29, 1.82) is 0 Å². The summed E-state index contributed by atoms with van der Waals surface area (Å²) in [5.41, 5.74) is 1.49. The average molecular weight is 366 g/mol. The fourth-order valence-electron chi connectivity index (χ4n) is 2.79. The zero-order valence-electron chi connectivity index (χ0n) is 13.6. The Morgan fingerprint density at radius 2 is 2.00 bits per heavy atom. The van der Waals surface area contributed by atoms with Crippen molar-refractivity contribution < 1.29 is 17.9 Å². The Labute approximate surface area is 145 Å². The van der Waals surface area contributed by atoms with Gasteiger partial charge in [-0.25, -0.2) is 8.42 Å². The first-order valence-electron chi connectivity index (χ1n) is 7.27. The van der Waals surface area contributed by atoms with Crippen LogP contribution in [0.25, 0.3) is 0 Å². The molecule has 0 amide bonds. The lowest BCUT2D eigenvalue weighted by Gasteiger charge is -2.23. The van der Waals surface area contributed by atoms with Crippen LogP contribution in [0.1, 0.15) is 22.9 Å². The molecule has 1 aliphatic heterocycles. The van der Waals surface area contributed by atoms with Gasteiger partial charge in [0.15, 0.2) is 11.5 Å². The summed E-state index contributed by atoms with van der Waals surface area (Å²) < 4.78 is 36.4. The Morgan fingerprint density at radius 3 is 2.58 bits per heavy atom. The molecule has 6 nitrogen and oxygen atoms in total. The van der Waals surface area contributed by atoms with Crippen molar-refractivity contribution >= 4 is 27.1 Å². The van der Waals surface area contributed by atoms with E-state index in [1.165, 1.54) is 15.8 Å². The summed E-state index contributed by atoms with van der Waals surface area (Å²) in [5.74, 6) is 1.09. The summed E-state index contributed by atoms with van der Waals surface area (Å²) in [6, 6.07) is 8.85. The Balaban J connectivity index is 2.08. The summed E-state index contributed by atoms with van der Waals surface area (Å²) in [6.07, 6.45) is 1.64. The molecule has 1 atom stereocenters. The van der Waals surface area contributed by atoms with E-state index in [1.807, 2.05) is 29.6 Å². The minimum absolute atomic E-state index is 0.456. The molecule has 1 aliphatic rings. The molecule has 0 spiro atoms. The van der Waals surface area contributed by atoms with Crippen molar-refractivity contribution in [3.8, 4) is 11.5 Å². The van der Waals surface area contributed by atoms with Gasteiger partial charge in [0.05, 0.1) is 37.1 Å². The van der Waals surface area contributed by atoms with Gasteiger partial charge in [0.2, 0.25) is 10.0 Å². The summed E-state index contributed by atoms with van der Waals surface area (Å²) in [5, 5.41) is 6.31. The van der Waals surface area contributed by atoms with E-state index in [-0.39, 0.29) is 0 Å². The molecule has 0 unspecified atom stereocenters. The van der Waals surface area contributed by atoms with Gasteiger partial charge < -0.3 is 9.47 Å². The molecule has 128 valence electrons. The fraction of sp³-hybridized carbons (Fsp3) is 0.312. The van der Waals surface area contributed by atoms with Crippen LogP contribution in [0.3, 0.4) is 0 Å². The number of hydrazone groups is 1. The first-order valence-corrected chi connectivity index (χ1v) is 10.00. The molecule has 0 saturated carbocycles. The van der Waals surface area contributed by atoms with Gasteiger partial charge >= 0.3 is 0 Å². The molecular weight excluding hydrogens is 348 g/mol. The van der Waals surface area contributed by atoms with Crippen molar-refractivity contribution in [2.75, 3.05) is 20.5 Å². The van der Waals surface area contributed by atoms with Gasteiger partial charge in [0.25, 0.3) is 0 Å². The SMILES string of the molecule is COc1cccc([C@@H]2CC(c3cccs3)=NN2S(C)(=O)=O)c1OC. The van der Waals surface area contributed by atoms with E-state index in [2.05, 4.69) is 5.10 Å². The van der Waals surface area contributed by atoms with Gasteiger partial charge in [-0.1, -0.05) is 18.2 Å². The molecule has 8 heteroatoms. The van der Waals surface area contributed by atoms with Crippen molar-refractivity contribution in [2.45, 2.75) is 12.5 Å². The maximum atomic E-state index is 12.2. The number of rotatable bonds is 5. The second-order valence-electron chi connectivity index (χ2n) is 5.36. The standard InChI is InChI=1S/C16H18N2O4S2/c1-21-14-7-4-6-11(16(14)22-2)13-10-12(15-8-5-9-23-15)17-18(13)24(3,19)20/h4-9,13H,10H2,1-3H3/t13-/m0/s1. The fourth-order valence-corrected chi connectivity index (χ4v) is 4.41.